The van der Waals surface area contributed by atoms with E-state index in [1.165, 1.54) is 44.0 Å². The molecule has 0 amide bonds. The number of benzene rings is 10. The molecule has 0 aliphatic rings. The van der Waals surface area contributed by atoms with Crippen LogP contribution in [0.1, 0.15) is 36.1 Å². The number of para-hydroxylation sites is 2. The maximum Gasteiger partial charge on any atom is 2.00 e. The van der Waals surface area contributed by atoms with Crippen LogP contribution in [0.5, 0.6) is 11.5 Å². The molecular weight excluding hydrogens is 1090 g/mol. The van der Waals surface area contributed by atoms with Crippen LogP contribution in [0.2, 0.25) is 0 Å². The number of hydrogen-bond acceptors (Lipinski definition) is 8. The van der Waals surface area contributed by atoms with E-state index in [0.29, 0.717) is 33.7 Å². The summed E-state index contributed by atoms with van der Waals surface area (Å²) in [6.07, 6.45) is 0. The van der Waals surface area contributed by atoms with E-state index in [1.54, 1.807) is 98.8 Å². The van der Waals surface area contributed by atoms with Crippen LogP contribution >= 0.6 is 15.8 Å². The predicted octanol–water partition coefficient (Wildman–Crippen LogP) is 8.93. The molecule has 0 aliphatic carbocycles. The summed E-state index contributed by atoms with van der Waals surface area (Å²) in [5.74, 6) is -1.12. The third-order valence-corrected chi connectivity index (χ3v) is 17.0. The van der Waals surface area contributed by atoms with Crippen molar-refractivity contribution in [1.82, 2.24) is 0 Å². The van der Waals surface area contributed by atoms with E-state index in [9.17, 15) is 20.4 Å². The van der Waals surface area contributed by atoms with E-state index in [1.807, 2.05) is 12.1 Å². The summed E-state index contributed by atoms with van der Waals surface area (Å²) in [4.78, 5) is 0. The van der Waals surface area contributed by atoms with Crippen molar-refractivity contribution in [1.29, 1.82) is 0 Å². The van der Waals surface area contributed by atoms with E-state index in [0.717, 1.165) is 0 Å². The van der Waals surface area contributed by atoms with Gasteiger partial charge in [-0.25, -0.2) is 0 Å². The Bertz CT molecular complexity index is 3000. The van der Waals surface area contributed by atoms with Gasteiger partial charge in [0.2, 0.25) is 0 Å². The molecule has 0 fully saturated rings. The van der Waals surface area contributed by atoms with Crippen LogP contribution in [-0.4, -0.2) is 23.2 Å². The third kappa shape index (κ3) is 18.6. The summed E-state index contributed by atoms with van der Waals surface area (Å²) in [6, 6.07) is 95.3. The minimum atomic E-state index is -0.877. The Morgan fingerprint density at radius 3 is 0.679 bits per heavy atom. The van der Waals surface area contributed by atoms with Gasteiger partial charge in [-0.1, -0.05) is 230 Å². The first-order valence-corrected chi connectivity index (χ1v) is 27.6. The predicted molar refractivity (Wildman–Crippen MR) is 315 cm³/mol. The summed E-state index contributed by atoms with van der Waals surface area (Å²) in [5.41, 5.74) is 2.69. The Labute approximate surface area is 480 Å². The smallest absolute Gasteiger partial charge is 0.872 e. The molecule has 8 nitrogen and oxygen atoms in total. The average Bonchev–Trinajstić information content (AvgIpc) is 3.50. The first-order valence-electron chi connectivity index (χ1n) is 24.6. The van der Waals surface area contributed by atoms with Crippen LogP contribution in [0.15, 0.2) is 312 Å². The fourth-order valence-corrected chi connectivity index (χ4v) is 12.9. The maximum atomic E-state index is 11.7. The van der Waals surface area contributed by atoms with Gasteiger partial charge >= 0.3 is 33.0 Å². The Kier molecular flexibility index (Phi) is 25.8. The largest absolute Gasteiger partial charge is 2.00 e. The van der Waals surface area contributed by atoms with Crippen molar-refractivity contribution in [2.45, 2.75) is 13.8 Å². The van der Waals surface area contributed by atoms with Gasteiger partial charge in [0.05, 0.1) is 27.3 Å². The van der Waals surface area contributed by atoms with Crippen LogP contribution in [0.4, 0.5) is 0 Å². The second-order valence-electron chi connectivity index (χ2n) is 16.9. The molecule has 0 heterocycles. The van der Waals surface area contributed by atoms with Crippen LogP contribution in [0, 0.1) is 0 Å². The molecule has 10 rings (SSSR count). The van der Waals surface area contributed by atoms with E-state index in [4.69, 9.17) is 0 Å². The molecule has 10 aromatic carbocycles. The van der Waals surface area contributed by atoms with Crippen LogP contribution < -0.4 is 52.3 Å². The Balaban J connectivity index is 0.000000190. The van der Waals surface area contributed by atoms with Gasteiger partial charge in [0.1, 0.15) is 31.8 Å². The van der Waals surface area contributed by atoms with E-state index < -0.39 is 27.6 Å². The zero-order valence-corrected chi connectivity index (χ0v) is 46.7. The van der Waals surface area contributed by atoms with Gasteiger partial charge in [0.25, 0.3) is 0 Å². The van der Waals surface area contributed by atoms with Gasteiger partial charge < -0.3 is 20.4 Å². The van der Waals surface area contributed by atoms with Crippen molar-refractivity contribution < 1.29 is 53.4 Å². The molecule has 10 aromatic rings. The normalized spacial score (nSPS) is 11.2. The monoisotopic (exact) mass is 1150 g/mol. The summed E-state index contributed by atoms with van der Waals surface area (Å²) in [7, 11) is -1.75. The molecule has 392 valence electrons. The second-order valence-corrected chi connectivity index (χ2v) is 21.8. The number of nitrogens with zero attached hydrogens (tertiary/aromatic N) is 4. The van der Waals surface area contributed by atoms with Gasteiger partial charge in [-0.2, -0.15) is 20.4 Å². The van der Waals surface area contributed by atoms with Crippen LogP contribution in [0.25, 0.3) is 0 Å². The molecule has 78 heavy (non-hydrogen) atoms. The average molecular weight is 1150 g/mol. The maximum absolute atomic E-state index is 11.7. The van der Waals surface area contributed by atoms with Gasteiger partial charge in [-0.15, -0.1) is 0 Å². The number of hydrogen-bond donors (Lipinski definition) is 0. The zero-order chi connectivity index (χ0) is 53.2. The van der Waals surface area contributed by atoms with Crippen molar-refractivity contribution in [2.75, 3.05) is 0 Å². The molecule has 0 spiro atoms. The quantitative estimate of drug-likeness (QED) is 0.0396. The van der Waals surface area contributed by atoms with Gasteiger partial charge in [0, 0.05) is 11.8 Å². The minimum Gasteiger partial charge on any atom is -0.872 e. The molecule has 0 N–H and O–H groups in total. The first-order chi connectivity index (χ1) is 37.3. The summed E-state index contributed by atoms with van der Waals surface area (Å²) in [6.45, 7) is 3.30. The fraction of sp³-hybridized carbons (Fsp3) is 0.0303. The standard InChI is InChI=1S/2C18H15P.2C15H14N2O2.2Ni/c2*1-4-10-16(11-5-1)19(17-12-6-2-7-13-17)18-14-8-3-9-15-18;2*1-11(13-9-5-6-10-14(13)18)16-17-15(19)12-7-3-2-4-8-12;;/h2*1-15H;2*2-10,18H,1H3,(H,17,19);;/q;;;;2*+2/p-2/b;;2*16-11+;;. The van der Waals surface area contributed by atoms with Gasteiger partial charge in [-0.3, -0.25) is 0 Å². The topological polar surface area (TPSA) is 142 Å². The molecule has 0 aromatic heterocycles. The second kappa shape index (κ2) is 33.2. The van der Waals surface area contributed by atoms with Gasteiger partial charge in [0.15, 0.2) is 0 Å². The van der Waals surface area contributed by atoms with Crippen molar-refractivity contribution in [2.24, 2.45) is 20.4 Å². The molecule has 0 saturated carbocycles. The number of rotatable bonds is 12. The molecule has 12 heteroatoms. The third-order valence-electron chi connectivity index (χ3n) is 11.6. The Hall–Kier alpha value is -8.07. The summed E-state index contributed by atoms with van der Waals surface area (Å²) < 4.78 is 0. The van der Waals surface area contributed by atoms with Crippen molar-refractivity contribution in [3.63, 3.8) is 0 Å². The van der Waals surface area contributed by atoms with Gasteiger partial charge in [-0.05, 0) is 109 Å². The molecular formula is C66H56N4Ni2O4P2+2. The molecule has 0 atom stereocenters. The van der Waals surface area contributed by atoms with E-state index in [-0.39, 0.29) is 44.5 Å². The molecule has 0 saturated heterocycles. The van der Waals surface area contributed by atoms with Crippen molar-refractivity contribution in [3.8, 4) is 11.5 Å². The SMILES string of the molecule is C/C(=N\N=C(/[O-])c1ccccc1)c1ccccc1[O-].C/C(=N\N=C(/[O-])c1ccccc1)c1ccccc1[O-].[Ni+2].[Ni+2].c1ccc([PH+](c2ccccc2)c2ccccc2)cc1.c1ccc([PH+](c2ccccc2)c2ccccc2)cc1. The zero-order valence-electron chi connectivity index (χ0n) is 42.8. The molecule has 0 unspecified atom stereocenters. The van der Waals surface area contributed by atoms with Crippen molar-refractivity contribution >= 4 is 70.9 Å². The van der Waals surface area contributed by atoms with E-state index >= 15 is 0 Å². The fourth-order valence-electron chi connectivity index (χ4n) is 7.79. The van der Waals surface area contributed by atoms with Crippen LogP contribution in [-0.2, 0) is 33.0 Å². The first kappa shape index (κ1) is 60.8. The Morgan fingerprint density at radius 2 is 0.462 bits per heavy atom. The van der Waals surface area contributed by atoms with Crippen LogP contribution in [0.3, 0.4) is 0 Å². The Morgan fingerprint density at radius 1 is 0.269 bits per heavy atom. The van der Waals surface area contributed by atoms with E-state index in [2.05, 4.69) is 202 Å². The summed E-state index contributed by atoms with van der Waals surface area (Å²) >= 11 is 0. The molecule has 0 bridgehead atoms. The summed E-state index contributed by atoms with van der Waals surface area (Å²) in [5, 5.41) is 70.1. The molecule has 0 aliphatic heterocycles. The minimum absolute atomic E-state index is 0. The molecule has 0 radical (unpaired) electrons. The van der Waals surface area contributed by atoms with Crippen molar-refractivity contribution in [3.05, 3.63) is 313 Å².